The van der Waals surface area contributed by atoms with Crippen LogP contribution >= 0.6 is 0 Å². The molecule has 0 spiro atoms. The molecule has 1 aliphatic rings. The number of terminal acetylenes is 1. The smallest absolute Gasteiger partial charge is 0.171 e. The third kappa shape index (κ3) is 5.43. The number of aliphatic hydroxyl groups excluding tert-OH is 5. The Morgan fingerprint density at radius 2 is 1.90 bits per heavy atom. The lowest BCUT2D eigenvalue weighted by Crippen LogP contribution is -2.17. The highest BCUT2D eigenvalue weighted by Gasteiger charge is 2.27. The van der Waals surface area contributed by atoms with E-state index in [4.69, 9.17) is 22.2 Å². The first-order valence-corrected chi connectivity index (χ1v) is 12.6. The number of rotatable bonds is 8. The zero-order chi connectivity index (χ0) is 28.3. The van der Waals surface area contributed by atoms with E-state index in [9.17, 15) is 25.2 Å². The van der Waals surface area contributed by atoms with E-state index >= 15 is 0 Å². The molecule has 39 heavy (non-hydrogen) atoms. The summed E-state index contributed by atoms with van der Waals surface area (Å²) in [5.74, 6) is 0.243. The second kappa shape index (κ2) is 11.6. The zero-order valence-electron chi connectivity index (χ0n) is 21.5. The van der Waals surface area contributed by atoms with Crippen molar-refractivity contribution >= 4 is 22.8 Å². The SMILES string of the molecule is C#CC(O)/C(O)=C(\C/C(O)=C(/O)CO)c1ccc(-c2cnn3c(N)c(C(C)=O)c(C4CCCCC4)nc23)cn1. The molecule has 11 heteroatoms. The van der Waals surface area contributed by atoms with Crippen molar-refractivity contribution in [1.29, 1.82) is 0 Å². The van der Waals surface area contributed by atoms with E-state index in [1.165, 1.54) is 23.7 Å². The highest BCUT2D eigenvalue weighted by molar-refractivity contribution is 6.00. The van der Waals surface area contributed by atoms with E-state index in [0.717, 1.165) is 32.1 Å². The number of nitrogens with two attached hydrogens (primary N) is 1. The third-order valence-corrected chi connectivity index (χ3v) is 6.99. The standard InChI is InChI=1S/C28H31N5O6/c1-3-21(36)26(39)18(11-22(37)23(38)14-34)20-10-9-17(12-30-20)19-13-31-33-27(29)24(15(2)35)25(32-28(19)33)16-7-5-4-6-8-16/h1,9-10,12-13,16,21,34,36-39H,4-8,11,14,29H2,2H3/b23-22-,26-18-. The van der Waals surface area contributed by atoms with Gasteiger partial charge in [0.15, 0.2) is 23.3 Å². The number of allylic oxidation sites excluding steroid dienone is 1. The molecule has 0 amide bonds. The zero-order valence-corrected chi connectivity index (χ0v) is 21.5. The molecular formula is C28H31N5O6. The van der Waals surface area contributed by atoms with Crippen molar-refractivity contribution in [3.8, 4) is 23.5 Å². The highest BCUT2D eigenvalue weighted by atomic mass is 16.3. The predicted molar refractivity (Wildman–Crippen MR) is 145 cm³/mol. The van der Waals surface area contributed by atoms with Crippen LogP contribution in [0.2, 0.25) is 0 Å². The molecular weight excluding hydrogens is 502 g/mol. The van der Waals surface area contributed by atoms with Gasteiger partial charge in [-0.2, -0.15) is 9.61 Å². The van der Waals surface area contributed by atoms with Crippen molar-refractivity contribution in [3.63, 3.8) is 0 Å². The Morgan fingerprint density at radius 3 is 2.49 bits per heavy atom. The molecule has 1 fully saturated rings. The van der Waals surface area contributed by atoms with E-state index < -0.39 is 36.4 Å². The minimum Gasteiger partial charge on any atom is -0.508 e. The lowest BCUT2D eigenvalue weighted by atomic mass is 9.84. The maximum Gasteiger partial charge on any atom is 0.171 e. The molecule has 0 aliphatic heterocycles. The molecule has 0 aromatic carbocycles. The number of anilines is 1. The first kappa shape index (κ1) is 27.6. The average Bonchev–Trinajstić information content (AvgIpc) is 3.39. The van der Waals surface area contributed by atoms with Crippen LogP contribution in [0.3, 0.4) is 0 Å². The predicted octanol–water partition coefficient (Wildman–Crippen LogP) is 3.60. The second-order valence-electron chi connectivity index (χ2n) is 9.54. The molecule has 0 bridgehead atoms. The van der Waals surface area contributed by atoms with Crippen LogP contribution in [0.15, 0.2) is 41.8 Å². The van der Waals surface area contributed by atoms with Gasteiger partial charge in [0.1, 0.15) is 23.9 Å². The van der Waals surface area contributed by atoms with Gasteiger partial charge in [0, 0.05) is 35.2 Å². The molecule has 1 saturated carbocycles. The molecule has 1 unspecified atom stereocenters. The number of nitrogens with zero attached hydrogens (tertiary/aromatic N) is 4. The molecule has 3 aromatic heterocycles. The number of hydrogen-bond acceptors (Lipinski definition) is 10. The van der Waals surface area contributed by atoms with Gasteiger partial charge in [-0.1, -0.05) is 31.2 Å². The number of fused-ring (bicyclic) bond motifs is 1. The molecule has 0 saturated heterocycles. The number of aliphatic hydroxyl groups is 5. The first-order valence-electron chi connectivity index (χ1n) is 12.6. The van der Waals surface area contributed by atoms with Crippen LogP contribution in [0, 0.1) is 12.3 Å². The Balaban J connectivity index is 1.80. The van der Waals surface area contributed by atoms with Gasteiger partial charge < -0.3 is 31.3 Å². The number of ketones is 1. The third-order valence-electron chi connectivity index (χ3n) is 6.99. The number of Topliss-reactive ketones (excluding diaryl/α,β-unsaturated/α-hetero) is 1. The average molecular weight is 534 g/mol. The summed E-state index contributed by atoms with van der Waals surface area (Å²) in [4.78, 5) is 21.8. The van der Waals surface area contributed by atoms with Gasteiger partial charge in [0.25, 0.3) is 0 Å². The minimum atomic E-state index is -1.67. The number of hydrogen-bond donors (Lipinski definition) is 6. The van der Waals surface area contributed by atoms with Crippen LogP contribution in [0.4, 0.5) is 5.82 Å². The highest BCUT2D eigenvalue weighted by Crippen LogP contribution is 2.37. The van der Waals surface area contributed by atoms with E-state index in [-0.39, 0.29) is 28.8 Å². The summed E-state index contributed by atoms with van der Waals surface area (Å²) < 4.78 is 1.44. The van der Waals surface area contributed by atoms with E-state index in [2.05, 4.69) is 10.1 Å². The molecule has 1 atom stereocenters. The van der Waals surface area contributed by atoms with Gasteiger partial charge in [-0.05, 0) is 25.8 Å². The summed E-state index contributed by atoms with van der Waals surface area (Å²) in [6, 6.07) is 3.21. The number of nitrogen functional groups attached to an aromatic ring is 1. The summed E-state index contributed by atoms with van der Waals surface area (Å²) in [5.41, 5.74) is 9.32. The second-order valence-corrected chi connectivity index (χ2v) is 9.54. The summed E-state index contributed by atoms with van der Waals surface area (Å²) in [7, 11) is 0. The number of carbonyl (C=O) groups is 1. The van der Waals surface area contributed by atoms with E-state index in [1.54, 1.807) is 12.3 Å². The number of pyridine rings is 1. The van der Waals surface area contributed by atoms with Gasteiger partial charge in [0.2, 0.25) is 0 Å². The molecule has 11 nitrogen and oxygen atoms in total. The fraction of sp³-hybridized carbons (Fsp3) is 0.357. The lowest BCUT2D eigenvalue weighted by molar-refractivity contribution is 0.101. The Labute approximate surface area is 225 Å². The summed E-state index contributed by atoms with van der Waals surface area (Å²) in [6.45, 7) is 0.659. The van der Waals surface area contributed by atoms with Crippen LogP contribution < -0.4 is 5.73 Å². The maximum atomic E-state index is 12.5. The molecule has 204 valence electrons. The number of carbonyl (C=O) groups excluding carboxylic acids is 1. The fourth-order valence-electron chi connectivity index (χ4n) is 4.92. The van der Waals surface area contributed by atoms with Crippen molar-refractivity contribution < 1.29 is 30.3 Å². The normalized spacial score (nSPS) is 16.4. The fourth-order valence-corrected chi connectivity index (χ4v) is 4.92. The maximum absolute atomic E-state index is 12.5. The van der Waals surface area contributed by atoms with Crippen LogP contribution in [0.5, 0.6) is 0 Å². The molecule has 3 aromatic rings. The van der Waals surface area contributed by atoms with E-state index in [0.29, 0.717) is 28.0 Å². The van der Waals surface area contributed by atoms with Crippen molar-refractivity contribution in [2.24, 2.45) is 0 Å². The Kier molecular flexibility index (Phi) is 8.18. The van der Waals surface area contributed by atoms with Crippen LogP contribution in [0.25, 0.3) is 22.3 Å². The van der Waals surface area contributed by atoms with Crippen molar-refractivity contribution in [3.05, 3.63) is 58.8 Å². The summed E-state index contributed by atoms with van der Waals surface area (Å²) in [5, 5.41) is 53.7. The van der Waals surface area contributed by atoms with Crippen LogP contribution in [0.1, 0.15) is 73.1 Å². The van der Waals surface area contributed by atoms with Gasteiger partial charge in [-0.3, -0.25) is 9.78 Å². The topological polar surface area (TPSA) is 187 Å². The largest absolute Gasteiger partial charge is 0.508 e. The molecule has 0 radical (unpaired) electrons. The van der Waals surface area contributed by atoms with Gasteiger partial charge in [-0.15, -0.1) is 6.42 Å². The van der Waals surface area contributed by atoms with Gasteiger partial charge >= 0.3 is 0 Å². The molecule has 7 N–H and O–H groups in total. The summed E-state index contributed by atoms with van der Waals surface area (Å²) in [6.07, 6.45) is 11.3. The Bertz CT molecular complexity index is 1490. The van der Waals surface area contributed by atoms with Gasteiger partial charge in [-0.25, -0.2) is 4.98 Å². The minimum absolute atomic E-state index is 0.0441. The van der Waals surface area contributed by atoms with Gasteiger partial charge in [0.05, 0.1) is 23.1 Å². The Hall–Kier alpha value is -4.40. The van der Waals surface area contributed by atoms with E-state index in [1.807, 2.05) is 5.92 Å². The monoisotopic (exact) mass is 533 g/mol. The quantitative estimate of drug-likeness (QED) is 0.142. The first-order chi connectivity index (χ1) is 18.7. The lowest BCUT2D eigenvalue weighted by Gasteiger charge is -2.23. The molecule has 4 rings (SSSR count). The molecule has 1 aliphatic carbocycles. The van der Waals surface area contributed by atoms with Crippen molar-refractivity contribution in [2.75, 3.05) is 12.3 Å². The summed E-state index contributed by atoms with van der Waals surface area (Å²) >= 11 is 0. The van der Waals surface area contributed by atoms with Crippen LogP contribution in [-0.2, 0) is 0 Å². The van der Waals surface area contributed by atoms with Crippen LogP contribution in [-0.4, -0.2) is 63.6 Å². The van der Waals surface area contributed by atoms with Crippen molar-refractivity contribution in [2.45, 2.75) is 57.5 Å². The molecule has 3 heterocycles. The number of aromatic nitrogens is 4. The Morgan fingerprint density at radius 1 is 1.18 bits per heavy atom. The van der Waals surface area contributed by atoms with Crippen molar-refractivity contribution in [1.82, 2.24) is 19.6 Å².